The van der Waals surface area contributed by atoms with Crippen molar-refractivity contribution in [3.05, 3.63) is 250 Å². The first-order chi connectivity index (χ1) is 62.1. The molecule has 0 aliphatic carbocycles. The van der Waals surface area contributed by atoms with Crippen LogP contribution in [0.25, 0.3) is 74.2 Å². The number of phenolic OH excluding ortho intramolecular Hbond substituents is 2. The monoisotopic (exact) mass is 1860 g/mol. The van der Waals surface area contributed by atoms with E-state index >= 15 is 0 Å². The fourth-order valence-electron chi connectivity index (χ4n) is 17.7. The van der Waals surface area contributed by atoms with Gasteiger partial charge in [-0.25, -0.2) is 37.3 Å². The summed E-state index contributed by atoms with van der Waals surface area (Å²) in [5, 5.41) is 59.0. The van der Waals surface area contributed by atoms with Gasteiger partial charge in [-0.3, -0.25) is 28.7 Å². The Morgan fingerprint density at radius 3 is 0.932 bits per heavy atom. The van der Waals surface area contributed by atoms with Crippen molar-refractivity contribution in [3.8, 4) is 79.8 Å². The molecule has 133 heavy (non-hydrogen) atoms. The van der Waals surface area contributed by atoms with Crippen molar-refractivity contribution in [2.45, 2.75) is 172 Å². The molecule has 0 atom stereocenters. The summed E-state index contributed by atoms with van der Waals surface area (Å²) in [6.07, 6.45) is 3.24. The summed E-state index contributed by atoms with van der Waals surface area (Å²) >= 11 is 1.63. The van der Waals surface area contributed by atoms with Crippen molar-refractivity contribution >= 4 is 21.6 Å². The molecule has 6 N–H and O–H groups in total. The number of phenols is 2. The summed E-state index contributed by atoms with van der Waals surface area (Å²) in [6.45, 7) is 51.0. The van der Waals surface area contributed by atoms with Crippen LogP contribution in [0.4, 0.5) is 0 Å². The summed E-state index contributed by atoms with van der Waals surface area (Å²) < 4.78 is 32.2. The number of aromatic amines is 2. The van der Waals surface area contributed by atoms with Crippen LogP contribution in [0.15, 0.2) is 165 Å². The predicted molar refractivity (Wildman–Crippen MR) is 536 cm³/mol. The number of H-pyrrole nitrogens is 2. The number of aryl methyl sites for hydroxylation is 6. The number of likely N-dealkylation sites (N-methyl/N-ethyl adjacent to an activating group) is 4. The van der Waals surface area contributed by atoms with Crippen LogP contribution in [0.2, 0.25) is 0 Å². The number of benzene rings is 8. The van der Waals surface area contributed by atoms with E-state index in [9.17, 15) is 28.2 Å². The van der Waals surface area contributed by atoms with E-state index in [0.29, 0.717) is 52.0 Å². The fraction of sp³-hybridized carbons (Fsp3) is 0.451. The van der Waals surface area contributed by atoms with E-state index in [0.717, 1.165) is 187 Å². The van der Waals surface area contributed by atoms with Gasteiger partial charge >= 0.3 is 40.9 Å². The summed E-state index contributed by atoms with van der Waals surface area (Å²) in [6, 6.07) is 49.4. The third-order valence-electron chi connectivity index (χ3n) is 25.3. The maximum atomic E-state index is 12.7. The maximum absolute atomic E-state index is 12.7. The number of aromatic nitrogens is 12. The Kier molecular flexibility index (Phi) is 38.8. The van der Waals surface area contributed by atoms with E-state index < -0.39 is 9.84 Å². The Bertz CT molecular complexity index is 5850. The number of thioether (sulfide) groups is 1. The van der Waals surface area contributed by atoms with Gasteiger partial charge in [-0.15, -0.1) is 20.4 Å². The van der Waals surface area contributed by atoms with E-state index in [1.807, 2.05) is 69.3 Å². The van der Waals surface area contributed by atoms with Gasteiger partial charge in [0.1, 0.15) is 11.5 Å². The standard InChI is InChI=1S/C26H35N5O2S.C26H35N5S.C25H33N5O.C23H29N5O3.2CH4.H2NO.Na/c1-18(2)23-16-24(20(4)15-19(23)3)25-27-28-26(34(6,32)33)31(25)22-9-7-21(8-10-22)17-30-13-11-29(5)12-14-30;1-18(2)23-16-24(20(4)15-19(23)3)25-27-28-26(32-6)31(25)22-9-7-21(8-10-22)17-30-13-11-29(5)12-14-30;1-17(2)22-15-23(19(4)14-18(22)3)24-26-27-25(31)30(24)21-8-6-20(7-9-21)16-29-12-10-28(5)11-13-29;1-15(2)18-12-19(21(30)13-20(18)29)22-24-25-23(31)28(22)17-6-4-16(5-7-17)14-27-10-8-26(3)9-11-27;;;1-2;/h7-10,15-16,18H,11-14,17H2,1-6H3;7-10,15-16,18H,11-14,17H2,1-6H3;6-9,14-15,17H,10-13,16H2,1-5H3,(H,27,31);4-7,12-13,15,29-30H,8-11,14H2,1-3H3,(H,25,31);2*1H4;1-2H;/q;;;;;;-1;+1. The molecule has 28 nitrogen and oxygen atoms in total. The van der Waals surface area contributed by atoms with Crippen LogP contribution < -0.4 is 40.9 Å². The summed E-state index contributed by atoms with van der Waals surface area (Å²) in [5.74, 6) is 8.35. The molecule has 8 aromatic carbocycles. The van der Waals surface area contributed by atoms with E-state index in [1.54, 1.807) is 27.0 Å². The Labute approximate surface area is 814 Å². The molecule has 0 bridgehead atoms. The molecule has 16 rings (SSSR count). The van der Waals surface area contributed by atoms with E-state index in [1.165, 1.54) is 78.1 Å². The van der Waals surface area contributed by atoms with Gasteiger partial charge in [-0.05, 0) is 250 Å². The van der Waals surface area contributed by atoms with Gasteiger partial charge < -0.3 is 40.9 Å². The van der Waals surface area contributed by atoms with Gasteiger partial charge in [-0.2, -0.15) is 10.2 Å². The molecule has 4 aliphatic rings. The Morgan fingerprint density at radius 1 is 0.361 bits per heavy atom. The number of aromatic hydroxyl groups is 2. The van der Waals surface area contributed by atoms with Crippen molar-refractivity contribution in [1.29, 1.82) is 0 Å². The van der Waals surface area contributed by atoms with Crippen molar-refractivity contribution < 1.29 is 53.4 Å². The minimum Gasteiger partial charge on any atom is -0.553 e. The molecule has 0 spiro atoms. The Morgan fingerprint density at radius 2 is 0.632 bits per heavy atom. The number of sulfone groups is 1. The number of piperazine rings is 4. The molecule has 8 heterocycles. The molecule has 0 saturated carbocycles. The number of nitrogens with zero attached hydrogens (tertiary/aromatic N) is 18. The number of hydrogen-bond donors (Lipinski definition) is 5. The third kappa shape index (κ3) is 26.6. The van der Waals surface area contributed by atoms with Crippen LogP contribution in [-0.2, 0) is 36.0 Å². The van der Waals surface area contributed by atoms with Gasteiger partial charge in [-0.1, -0.05) is 149 Å². The molecule has 4 saturated heterocycles. The average Bonchev–Trinajstić information content (AvgIpc) is 1.67. The largest absolute Gasteiger partial charge is 1.00 e. The van der Waals surface area contributed by atoms with E-state index in [4.69, 9.17) is 11.1 Å². The van der Waals surface area contributed by atoms with E-state index in [-0.39, 0.29) is 78.4 Å². The van der Waals surface area contributed by atoms with Crippen molar-refractivity contribution in [2.24, 2.45) is 0 Å². The Hall–Kier alpha value is -9.58. The minimum atomic E-state index is -3.58. The topological polar surface area (TPSA) is 307 Å². The third-order valence-corrected chi connectivity index (χ3v) is 26.9. The maximum Gasteiger partial charge on any atom is 1.00 e. The van der Waals surface area contributed by atoms with Crippen molar-refractivity contribution in [3.63, 3.8) is 0 Å². The summed E-state index contributed by atoms with van der Waals surface area (Å²) in [5.41, 5.74) is 23.0. The predicted octanol–water partition coefficient (Wildman–Crippen LogP) is 13.9. The first-order valence-electron chi connectivity index (χ1n) is 45.2. The summed E-state index contributed by atoms with van der Waals surface area (Å²) in [4.78, 5) is 44.5. The molecule has 0 amide bonds. The second-order valence-corrected chi connectivity index (χ2v) is 39.4. The molecule has 0 radical (unpaired) electrons. The zero-order valence-electron chi connectivity index (χ0n) is 80.6. The van der Waals surface area contributed by atoms with E-state index in [2.05, 4.69) is 280 Å². The number of hydrogen-bond acceptors (Lipinski definition) is 22. The second-order valence-electron chi connectivity index (χ2n) is 36.7. The van der Waals surface area contributed by atoms with Gasteiger partial charge in [0.15, 0.2) is 28.5 Å². The first kappa shape index (κ1) is 107. The van der Waals surface area contributed by atoms with Crippen LogP contribution >= 0.6 is 11.8 Å². The molecule has 31 heteroatoms. The zero-order chi connectivity index (χ0) is 93.7. The quantitative estimate of drug-likeness (QED) is 0.0239. The first-order valence-corrected chi connectivity index (χ1v) is 48.3. The minimum absolute atomic E-state index is 0. The molecule has 0 unspecified atom stereocenters. The van der Waals surface area contributed by atoms with Crippen LogP contribution in [0.1, 0.15) is 172 Å². The molecule has 710 valence electrons. The molecular weight excluding hydrogens is 1720 g/mol. The zero-order valence-corrected chi connectivity index (χ0v) is 84.3. The number of nitrogens with one attached hydrogen (secondary N) is 3. The van der Waals surface area contributed by atoms with Gasteiger partial charge in [0, 0.05) is 171 Å². The van der Waals surface area contributed by atoms with Gasteiger partial charge in [0.2, 0.25) is 9.84 Å². The molecule has 4 fully saturated rings. The fourth-order valence-corrected chi connectivity index (χ4v) is 18.9. The smallest absolute Gasteiger partial charge is 0.553 e. The second kappa shape index (κ2) is 48.2. The molecule has 12 aromatic rings. The average molecular weight is 1860 g/mol. The molecular formula is C102H142N21NaO7S2. The normalized spacial score (nSPS) is 15.1. The van der Waals surface area contributed by atoms with Crippen LogP contribution in [0, 0.1) is 41.5 Å². The Balaban J connectivity index is 0.000000197. The van der Waals surface area contributed by atoms with Gasteiger partial charge in [0.25, 0.3) is 5.16 Å². The van der Waals surface area contributed by atoms with Crippen LogP contribution in [-0.4, -0.2) is 268 Å². The number of rotatable bonds is 22. The molecule has 4 aromatic heterocycles. The van der Waals surface area contributed by atoms with Crippen LogP contribution in [0.3, 0.4) is 0 Å². The SMILES string of the molecule is C.C.CC(C)c1cc(-c2n[nH]c(=O)n2-c2ccc(CN3CCN(C)CC3)cc2)c(O)cc1O.CSc1nnc(-c2cc(C(C)C)c(C)cc2C)n1-c1ccc(CN2CCN(C)CC2)cc1.Cc1cc(C)c(C(C)C)cc1-c1n[nH]c(=O)n1-c1ccc(CN2CCN(C)CC2)cc1.Cc1cc(C)c(C(C)C)cc1-c1nnc(S(C)(=O)=O)n1-c1ccc(CN2CCN(C)CC2)cc1.[NH-]O.[Na+]. The van der Waals surface area contributed by atoms with Gasteiger partial charge in [0.05, 0.1) is 16.9 Å². The van der Waals surface area contributed by atoms with Crippen molar-refractivity contribution in [1.82, 2.24) is 98.3 Å². The van der Waals surface area contributed by atoms with Crippen molar-refractivity contribution in [2.75, 3.05) is 145 Å². The summed E-state index contributed by atoms with van der Waals surface area (Å²) in [7, 11) is 5.09. The van der Waals surface area contributed by atoms with Crippen LogP contribution in [0.5, 0.6) is 11.5 Å². The molecule has 4 aliphatic heterocycles.